The van der Waals surface area contributed by atoms with E-state index in [1.807, 2.05) is 37.5 Å². The number of anilines is 1. The highest BCUT2D eigenvalue weighted by molar-refractivity contribution is 7.99. The Morgan fingerprint density at radius 2 is 2.13 bits per heavy atom. The first-order chi connectivity index (χ1) is 10.9. The van der Waals surface area contributed by atoms with Crippen LogP contribution in [0.25, 0.3) is 0 Å². The van der Waals surface area contributed by atoms with Gasteiger partial charge in [0.1, 0.15) is 5.82 Å². The van der Waals surface area contributed by atoms with Gasteiger partial charge in [0.05, 0.1) is 16.5 Å². The van der Waals surface area contributed by atoms with Crippen molar-refractivity contribution >= 4 is 35.0 Å². The second kappa shape index (κ2) is 7.66. The van der Waals surface area contributed by atoms with Gasteiger partial charge in [-0.05, 0) is 38.0 Å². The number of aryl methyl sites for hydroxylation is 3. The summed E-state index contributed by atoms with van der Waals surface area (Å²) in [5.74, 6) is 0.902. The maximum atomic E-state index is 12.2. The molecule has 0 radical (unpaired) electrons. The predicted octanol–water partition coefficient (Wildman–Crippen LogP) is 3.77. The van der Waals surface area contributed by atoms with Crippen molar-refractivity contribution in [1.82, 2.24) is 14.8 Å². The highest BCUT2D eigenvalue weighted by Gasteiger charge is 2.13. The van der Waals surface area contributed by atoms with Gasteiger partial charge in [-0.2, -0.15) is 0 Å². The van der Waals surface area contributed by atoms with Crippen molar-refractivity contribution in [3.8, 4) is 0 Å². The van der Waals surface area contributed by atoms with Crippen LogP contribution in [0.15, 0.2) is 29.9 Å². The van der Waals surface area contributed by atoms with E-state index in [1.165, 1.54) is 11.8 Å². The lowest BCUT2D eigenvalue weighted by atomic mass is 10.1. The lowest BCUT2D eigenvalue weighted by Gasteiger charge is -2.11. The summed E-state index contributed by atoms with van der Waals surface area (Å²) in [5.41, 5.74) is 2.67. The zero-order valence-electron chi connectivity index (χ0n) is 13.4. The minimum absolute atomic E-state index is 0.130. The molecule has 0 spiro atoms. The second-order valence-electron chi connectivity index (χ2n) is 5.20. The number of hydrogen-bond donors (Lipinski definition) is 1. The van der Waals surface area contributed by atoms with E-state index < -0.39 is 0 Å². The number of rotatable bonds is 6. The molecule has 2 rings (SSSR count). The van der Waals surface area contributed by atoms with E-state index in [4.69, 9.17) is 11.6 Å². The summed E-state index contributed by atoms with van der Waals surface area (Å²) in [4.78, 5) is 12.2. The molecule has 122 valence electrons. The first-order valence-electron chi connectivity index (χ1n) is 7.12. The smallest absolute Gasteiger partial charge is 0.234 e. The molecule has 0 saturated heterocycles. The van der Waals surface area contributed by atoms with Crippen LogP contribution in [0.3, 0.4) is 0 Å². The van der Waals surface area contributed by atoms with E-state index >= 15 is 0 Å². The molecule has 1 N–H and O–H groups in total. The normalized spacial score (nSPS) is 10.6. The quantitative estimate of drug-likeness (QED) is 0.636. The Bertz CT molecular complexity index is 719. The Morgan fingerprint density at radius 3 is 2.78 bits per heavy atom. The Balaban J connectivity index is 2.03. The fourth-order valence-corrected chi connectivity index (χ4v) is 3.35. The molecule has 1 aromatic heterocycles. The van der Waals surface area contributed by atoms with E-state index in [0.717, 1.165) is 17.0 Å². The van der Waals surface area contributed by atoms with Gasteiger partial charge < -0.3 is 9.88 Å². The van der Waals surface area contributed by atoms with Crippen LogP contribution in [-0.2, 0) is 11.3 Å². The average Bonchev–Trinajstić information content (AvgIpc) is 2.82. The largest absolute Gasteiger partial charge is 0.324 e. The molecular formula is C16H19ClN4OS. The molecule has 0 saturated carbocycles. The van der Waals surface area contributed by atoms with Crippen molar-refractivity contribution in [2.45, 2.75) is 32.5 Å². The Labute approximate surface area is 145 Å². The van der Waals surface area contributed by atoms with Crippen molar-refractivity contribution in [3.63, 3.8) is 0 Å². The minimum atomic E-state index is -0.130. The number of halogens is 1. The summed E-state index contributed by atoms with van der Waals surface area (Å²) in [6.07, 6.45) is 1.77. The number of nitrogens with zero attached hydrogens (tertiary/aromatic N) is 3. The van der Waals surface area contributed by atoms with Gasteiger partial charge >= 0.3 is 0 Å². The van der Waals surface area contributed by atoms with Crippen molar-refractivity contribution < 1.29 is 4.79 Å². The number of benzene rings is 1. The summed E-state index contributed by atoms with van der Waals surface area (Å²) >= 11 is 7.54. The van der Waals surface area contributed by atoms with Crippen LogP contribution in [-0.4, -0.2) is 26.4 Å². The standard InChI is InChI=1S/C16H19ClN4OS/c1-5-6-21-12(4)19-20-16(21)23-9-14(22)18-15-11(3)7-10(2)8-13(15)17/h5,7-8H,1,6,9H2,2-4H3,(H,18,22). The third kappa shape index (κ3) is 4.36. The summed E-state index contributed by atoms with van der Waals surface area (Å²) in [6.45, 7) is 10.1. The Kier molecular flexibility index (Phi) is 5.85. The van der Waals surface area contributed by atoms with Crippen molar-refractivity contribution in [3.05, 3.63) is 46.8 Å². The molecule has 5 nitrogen and oxygen atoms in total. The number of aromatic nitrogens is 3. The lowest BCUT2D eigenvalue weighted by Crippen LogP contribution is -2.16. The van der Waals surface area contributed by atoms with E-state index in [9.17, 15) is 4.79 Å². The van der Waals surface area contributed by atoms with Gasteiger partial charge in [-0.15, -0.1) is 16.8 Å². The summed E-state index contributed by atoms with van der Waals surface area (Å²) in [7, 11) is 0. The molecule has 0 unspecified atom stereocenters. The van der Waals surface area contributed by atoms with Gasteiger partial charge in [0.25, 0.3) is 0 Å². The molecule has 2 aromatic rings. The maximum Gasteiger partial charge on any atom is 0.234 e. The highest BCUT2D eigenvalue weighted by atomic mass is 35.5. The topological polar surface area (TPSA) is 59.8 Å². The van der Waals surface area contributed by atoms with Gasteiger partial charge in [0, 0.05) is 6.54 Å². The number of carbonyl (C=O) groups is 1. The lowest BCUT2D eigenvalue weighted by molar-refractivity contribution is -0.113. The molecule has 0 aliphatic heterocycles. The van der Waals surface area contributed by atoms with Crippen LogP contribution in [0.4, 0.5) is 5.69 Å². The number of amides is 1. The molecule has 1 heterocycles. The van der Waals surface area contributed by atoms with Gasteiger partial charge in [-0.1, -0.05) is 35.5 Å². The maximum absolute atomic E-state index is 12.2. The third-order valence-corrected chi connectivity index (χ3v) is 4.51. The molecule has 0 aliphatic carbocycles. The van der Waals surface area contributed by atoms with Crippen molar-refractivity contribution in [2.24, 2.45) is 0 Å². The third-order valence-electron chi connectivity index (χ3n) is 3.24. The molecule has 0 bridgehead atoms. The molecule has 0 aliphatic rings. The SMILES string of the molecule is C=CCn1c(C)nnc1SCC(=O)Nc1c(C)cc(C)cc1Cl. The second-order valence-corrected chi connectivity index (χ2v) is 6.55. The number of nitrogens with one attached hydrogen (secondary N) is 1. The van der Waals surface area contributed by atoms with Gasteiger partial charge in [0.2, 0.25) is 5.91 Å². The van der Waals surface area contributed by atoms with Crippen LogP contribution in [0, 0.1) is 20.8 Å². The predicted molar refractivity (Wildman–Crippen MR) is 95.2 cm³/mol. The molecule has 0 fully saturated rings. The van der Waals surface area contributed by atoms with Crippen LogP contribution in [0.5, 0.6) is 0 Å². The van der Waals surface area contributed by atoms with E-state index in [1.54, 1.807) is 6.08 Å². The summed E-state index contributed by atoms with van der Waals surface area (Å²) in [6, 6.07) is 3.82. The van der Waals surface area contributed by atoms with E-state index in [0.29, 0.717) is 22.4 Å². The van der Waals surface area contributed by atoms with Gasteiger partial charge in [-0.25, -0.2) is 0 Å². The van der Waals surface area contributed by atoms with Gasteiger partial charge in [-0.3, -0.25) is 4.79 Å². The zero-order chi connectivity index (χ0) is 17.0. The number of thioether (sulfide) groups is 1. The number of allylic oxidation sites excluding steroid dienone is 1. The van der Waals surface area contributed by atoms with Crippen LogP contribution >= 0.6 is 23.4 Å². The molecule has 1 amide bonds. The summed E-state index contributed by atoms with van der Waals surface area (Å²) in [5, 5.41) is 12.2. The Morgan fingerprint density at radius 1 is 1.39 bits per heavy atom. The monoisotopic (exact) mass is 350 g/mol. The first-order valence-corrected chi connectivity index (χ1v) is 8.48. The Hall–Kier alpha value is -1.79. The molecular weight excluding hydrogens is 332 g/mol. The van der Waals surface area contributed by atoms with Crippen molar-refractivity contribution in [2.75, 3.05) is 11.1 Å². The van der Waals surface area contributed by atoms with E-state index in [2.05, 4.69) is 22.1 Å². The average molecular weight is 351 g/mol. The molecule has 23 heavy (non-hydrogen) atoms. The number of hydrogen-bond acceptors (Lipinski definition) is 4. The van der Waals surface area contributed by atoms with Crippen LogP contribution in [0.2, 0.25) is 5.02 Å². The molecule has 0 atom stereocenters. The molecule has 7 heteroatoms. The first kappa shape index (κ1) is 17.6. The van der Waals surface area contributed by atoms with Crippen LogP contribution < -0.4 is 5.32 Å². The summed E-state index contributed by atoms with van der Waals surface area (Å²) < 4.78 is 1.91. The minimum Gasteiger partial charge on any atom is -0.324 e. The highest BCUT2D eigenvalue weighted by Crippen LogP contribution is 2.27. The fraction of sp³-hybridized carbons (Fsp3) is 0.312. The van der Waals surface area contributed by atoms with E-state index in [-0.39, 0.29) is 11.7 Å². The number of carbonyl (C=O) groups excluding carboxylic acids is 1. The molecule has 1 aromatic carbocycles. The fourth-order valence-electron chi connectivity index (χ4n) is 2.19. The van der Waals surface area contributed by atoms with Crippen LogP contribution in [0.1, 0.15) is 17.0 Å². The van der Waals surface area contributed by atoms with Gasteiger partial charge in [0.15, 0.2) is 5.16 Å². The van der Waals surface area contributed by atoms with Crippen molar-refractivity contribution in [1.29, 1.82) is 0 Å². The zero-order valence-corrected chi connectivity index (χ0v) is 15.0.